The Hall–Kier alpha value is -4.11. The molecular weight excluding hydrogens is 435 g/mol. The fourth-order valence-electron chi connectivity index (χ4n) is 3.36. The summed E-state index contributed by atoms with van der Waals surface area (Å²) in [5.74, 6) is -2.73. The van der Waals surface area contributed by atoms with Crippen LogP contribution in [0.3, 0.4) is 0 Å². The average Bonchev–Trinajstić information content (AvgIpc) is 3.20. The Morgan fingerprint density at radius 3 is 2.59 bits per heavy atom. The standard InChI is InChI=1S/C23H15FN2O5S/c1-12-14(5-4-6-15(12)22(29)30)19-10-9-13(31-19)11-16-20(27)25-23(32)26(21(16)28)18-8-3-2-7-17(18)24/h2-11H,1H3,(H,29,30)(H,25,27,32)/b16-11-. The van der Waals surface area contributed by atoms with E-state index in [0.717, 1.165) is 4.90 Å². The molecule has 9 heteroatoms. The van der Waals surface area contributed by atoms with E-state index in [9.17, 15) is 23.9 Å². The minimum Gasteiger partial charge on any atom is -0.478 e. The molecule has 0 radical (unpaired) electrons. The molecule has 2 heterocycles. The van der Waals surface area contributed by atoms with Gasteiger partial charge in [0.25, 0.3) is 11.8 Å². The zero-order valence-corrected chi connectivity index (χ0v) is 17.4. The van der Waals surface area contributed by atoms with Crippen molar-refractivity contribution in [2.75, 3.05) is 4.90 Å². The zero-order valence-electron chi connectivity index (χ0n) is 16.6. The normalized spacial score (nSPS) is 15.2. The summed E-state index contributed by atoms with van der Waals surface area (Å²) in [6, 6.07) is 13.5. The van der Waals surface area contributed by atoms with Gasteiger partial charge >= 0.3 is 5.97 Å². The van der Waals surface area contributed by atoms with Gasteiger partial charge in [-0.2, -0.15) is 0 Å². The monoisotopic (exact) mass is 450 g/mol. The molecule has 0 aliphatic carbocycles. The van der Waals surface area contributed by atoms with Gasteiger partial charge in [-0.25, -0.2) is 14.1 Å². The summed E-state index contributed by atoms with van der Waals surface area (Å²) >= 11 is 5.06. The molecule has 1 aromatic heterocycles. The lowest BCUT2D eigenvalue weighted by Crippen LogP contribution is -2.54. The summed E-state index contributed by atoms with van der Waals surface area (Å²) in [5, 5.41) is 11.5. The number of halogens is 1. The number of carbonyl (C=O) groups excluding carboxylic acids is 2. The van der Waals surface area contributed by atoms with Gasteiger partial charge in [-0.1, -0.05) is 24.3 Å². The SMILES string of the molecule is Cc1c(C(=O)O)cccc1-c1ccc(/C=C2/C(=O)NC(=S)N(c3ccccc3F)C2=O)o1. The van der Waals surface area contributed by atoms with E-state index in [1.807, 2.05) is 0 Å². The Labute approximate surface area is 186 Å². The molecular formula is C23H15FN2O5S. The molecule has 0 atom stereocenters. The second-order valence-electron chi connectivity index (χ2n) is 6.89. The highest BCUT2D eigenvalue weighted by Crippen LogP contribution is 2.29. The van der Waals surface area contributed by atoms with Crippen LogP contribution in [0.1, 0.15) is 21.7 Å². The second kappa shape index (κ2) is 8.20. The highest BCUT2D eigenvalue weighted by molar-refractivity contribution is 7.80. The number of para-hydroxylation sites is 1. The van der Waals surface area contributed by atoms with Gasteiger partial charge in [0.05, 0.1) is 11.3 Å². The molecule has 1 saturated heterocycles. The van der Waals surface area contributed by atoms with Crippen LogP contribution in [0.4, 0.5) is 10.1 Å². The van der Waals surface area contributed by atoms with E-state index in [0.29, 0.717) is 16.9 Å². The van der Waals surface area contributed by atoms with E-state index in [1.54, 1.807) is 31.2 Å². The van der Waals surface area contributed by atoms with Crippen LogP contribution in [0.2, 0.25) is 0 Å². The number of nitrogens with one attached hydrogen (secondary N) is 1. The van der Waals surface area contributed by atoms with Crippen LogP contribution in [0.25, 0.3) is 17.4 Å². The van der Waals surface area contributed by atoms with Gasteiger partial charge in [0.2, 0.25) is 0 Å². The number of thiocarbonyl (C=S) groups is 1. The highest BCUT2D eigenvalue weighted by Gasteiger charge is 2.35. The zero-order chi connectivity index (χ0) is 23.0. The van der Waals surface area contributed by atoms with Gasteiger partial charge in [0.15, 0.2) is 5.11 Å². The number of carboxylic acid groups (broad SMARTS) is 1. The van der Waals surface area contributed by atoms with E-state index >= 15 is 0 Å². The van der Waals surface area contributed by atoms with Crippen LogP contribution in [0.15, 0.2) is 64.6 Å². The Morgan fingerprint density at radius 1 is 1.12 bits per heavy atom. The Bertz CT molecular complexity index is 1330. The first-order valence-electron chi connectivity index (χ1n) is 9.37. The van der Waals surface area contributed by atoms with Gasteiger partial charge in [0, 0.05) is 5.56 Å². The largest absolute Gasteiger partial charge is 0.478 e. The molecule has 0 saturated carbocycles. The molecule has 1 fully saturated rings. The van der Waals surface area contributed by atoms with Crippen molar-refractivity contribution >= 4 is 46.9 Å². The lowest BCUT2D eigenvalue weighted by molar-refractivity contribution is -0.122. The van der Waals surface area contributed by atoms with Crippen LogP contribution < -0.4 is 10.2 Å². The van der Waals surface area contributed by atoms with Crippen molar-refractivity contribution in [3.8, 4) is 11.3 Å². The minimum absolute atomic E-state index is 0.0883. The molecule has 2 aromatic carbocycles. The molecule has 4 rings (SSSR count). The summed E-state index contributed by atoms with van der Waals surface area (Å²) < 4.78 is 20.0. The lowest BCUT2D eigenvalue weighted by Gasteiger charge is -2.28. The molecule has 0 spiro atoms. The molecule has 3 aromatic rings. The van der Waals surface area contributed by atoms with Gasteiger partial charge in [-0.3, -0.25) is 14.9 Å². The number of rotatable bonds is 4. The Kier molecular flexibility index (Phi) is 5.41. The summed E-state index contributed by atoms with van der Waals surface area (Å²) in [7, 11) is 0. The number of carboxylic acids is 1. The number of carbonyl (C=O) groups is 3. The summed E-state index contributed by atoms with van der Waals surface area (Å²) in [5.41, 5.74) is 0.822. The van der Waals surface area contributed by atoms with Crippen LogP contribution in [0.5, 0.6) is 0 Å². The molecule has 7 nitrogen and oxygen atoms in total. The van der Waals surface area contributed by atoms with Gasteiger partial charge in [-0.05, 0) is 61.1 Å². The van der Waals surface area contributed by atoms with E-state index in [4.69, 9.17) is 16.6 Å². The minimum atomic E-state index is -1.06. The van der Waals surface area contributed by atoms with Crippen molar-refractivity contribution in [2.45, 2.75) is 6.92 Å². The van der Waals surface area contributed by atoms with Crippen LogP contribution in [-0.4, -0.2) is 28.0 Å². The number of amides is 2. The predicted octanol–water partition coefficient (Wildman–Crippen LogP) is 3.92. The van der Waals surface area contributed by atoms with Crippen molar-refractivity contribution < 1.29 is 28.3 Å². The van der Waals surface area contributed by atoms with Crippen molar-refractivity contribution in [2.24, 2.45) is 0 Å². The van der Waals surface area contributed by atoms with E-state index in [1.165, 1.54) is 36.4 Å². The average molecular weight is 450 g/mol. The maximum atomic E-state index is 14.2. The molecule has 160 valence electrons. The van der Waals surface area contributed by atoms with Crippen LogP contribution in [-0.2, 0) is 9.59 Å². The number of benzene rings is 2. The first-order chi connectivity index (χ1) is 15.3. The summed E-state index contributed by atoms with van der Waals surface area (Å²) in [4.78, 5) is 37.7. The smallest absolute Gasteiger partial charge is 0.335 e. The molecule has 0 bridgehead atoms. The van der Waals surface area contributed by atoms with Gasteiger partial charge < -0.3 is 9.52 Å². The quantitative estimate of drug-likeness (QED) is 0.355. The van der Waals surface area contributed by atoms with Crippen molar-refractivity contribution in [3.63, 3.8) is 0 Å². The molecule has 32 heavy (non-hydrogen) atoms. The van der Waals surface area contributed by atoms with E-state index < -0.39 is 23.6 Å². The number of aromatic carboxylic acids is 1. The third kappa shape index (κ3) is 3.69. The summed E-state index contributed by atoms with van der Waals surface area (Å²) in [6.07, 6.45) is 1.23. The number of hydrogen-bond donors (Lipinski definition) is 2. The number of furan rings is 1. The molecule has 1 aliphatic rings. The second-order valence-corrected chi connectivity index (χ2v) is 7.28. The highest BCUT2D eigenvalue weighted by atomic mass is 32.1. The topological polar surface area (TPSA) is 99.8 Å². The third-order valence-corrected chi connectivity index (χ3v) is 5.22. The molecule has 2 N–H and O–H groups in total. The first kappa shape index (κ1) is 21.1. The van der Waals surface area contributed by atoms with Crippen molar-refractivity contribution in [1.82, 2.24) is 5.32 Å². The number of anilines is 1. The summed E-state index contributed by atoms with van der Waals surface area (Å²) in [6.45, 7) is 1.66. The number of hydrogen-bond acceptors (Lipinski definition) is 5. The Balaban J connectivity index is 1.71. The third-order valence-electron chi connectivity index (χ3n) is 4.94. The van der Waals surface area contributed by atoms with Crippen LogP contribution >= 0.6 is 12.2 Å². The Morgan fingerprint density at radius 2 is 1.88 bits per heavy atom. The maximum absolute atomic E-state index is 14.2. The van der Waals surface area contributed by atoms with Crippen molar-refractivity contribution in [1.29, 1.82) is 0 Å². The van der Waals surface area contributed by atoms with Gasteiger partial charge in [0.1, 0.15) is 22.9 Å². The maximum Gasteiger partial charge on any atom is 0.335 e. The van der Waals surface area contributed by atoms with Crippen LogP contribution in [0, 0.1) is 12.7 Å². The molecule has 1 aliphatic heterocycles. The fraction of sp³-hybridized carbons (Fsp3) is 0.0435. The lowest BCUT2D eigenvalue weighted by atomic mass is 10.0. The van der Waals surface area contributed by atoms with Crippen molar-refractivity contribution in [3.05, 3.63) is 82.9 Å². The number of nitrogens with zero attached hydrogens (tertiary/aromatic N) is 1. The predicted molar refractivity (Wildman–Crippen MR) is 118 cm³/mol. The molecule has 2 amide bonds. The van der Waals surface area contributed by atoms with Gasteiger partial charge in [-0.15, -0.1) is 0 Å². The van der Waals surface area contributed by atoms with E-state index in [2.05, 4.69) is 5.32 Å². The molecule has 0 unspecified atom stereocenters. The fourth-order valence-corrected chi connectivity index (χ4v) is 3.63. The van der Waals surface area contributed by atoms with E-state index in [-0.39, 0.29) is 27.7 Å². The first-order valence-corrected chi connectivity index (χ1v) is 9.78.